The van der Waals surface area contributed by atoms with Crippen molar-refractivity contribution in [3.63, 3.8) is 0 Å². The fourth-order valence-electron chi connectivity index (χ4n) is 4.70. The lowest BCUT2D eigenvalue weighted by atomic mass is 10.1. The Morgan fingerprint density at radius 2 is 1.92 bits per heavy atom. The molecule has 0 saturated carbocycles. The monoisotopic (exact) mass is 530 g/mol. The van der Waals surface area contributed by atoms with E-state index in [4.69, 9.17) is 4.74 Å². The van der Waals surface area contributed by atoms with Crippen LogP contribution < -0.4 is 15.4 Å². The van der Waals surface area contributed by atoms with Crippen LogP contribution in [0.3, 0.4) is 0 Å². The molecule has 204 valence electrons. The summed E-state index contributed by atoms with van der Waals surface area (Å²) in [6, 6.07) is 11.0. The van der Waals surface area contributed by atoms with Gasteiger partial charge in [-0.1, -0.05) is 6.07 Å². The highest BCUT2D eigenvalue weighted by Gasteiger charge is 2.17. The first-order valence-corrected chi connectivity index (χ1v) is 13.3. The molecule has 2 aromatic heterocycles. The number of pyridine rings is 1. The molecule has 1 aliphatic heterocycles. The van der Waals surface area contributed by atoms with E-state index in [-0.39, 0.29) is 17.9 Å². The van der Waals surface area contributed by atoms with Crippen LogP contribution in [0.2, 0.25) is 0 Å². The minimum Gasteiger partial charge on any atom is -0.456 e. The quantitative estimate of drug-likeness (QED) is 0.349. The van der Waals surface area contributed by atoms with Gasteiger partial charge < -0.3 is 15.4 Å². The number of fused-ring (bicyclic) bond motifs is 1. The lowest BCUT2D eigenvalue weighted by Gasteiger charge is -2.27. The summed E-state index contributed by atoms with van der Waals surface area (Å²) in [6.07, 6.45) is 4.96. The second kappa shape index (κ2) is 11.1. The maximum Gasteiger partial charge on any atom is 0.228 e. The van der Waals surface area contributed by atoms with Gasteiger partial charge in [0.15, 0.2) is 0 Å². The van der Waals surface area contributed by atoms with Gasteiger partial charge in [-0.2, -0.15) is 5.10 Å². The van der Waals surface area contributed by atoms with Crippen molar-refractivity contribution in [2.45, 2.75) is 46.2 Å². The van der Waals surface area contributed by atoms with Crippen LogP contribution in [0, 0.1) is 12.7 Å². The third-order valence-corrected chi connectivity index (χ3v) is 6.85. The zero-order chi connectivity index (χ0) is 27.6. The number of benzene rings is 2. The van der Waals surface area contributed by atoms with Crippen LogP contribution in [-0.4, -0.2) is 51.8 Å². The topological polar surface area (TPSA) is 84.3 Å². The second-order valence-corrected chi connectivity index (χ2v) is 11.1. The first-order chi connectivity index (χ1) is 18.7. The summed E-state index contributed by atoms with van der Waals surface area (Å²) in [5.41, 5.74) is 3.42. The number of carbonyl (C=O) groups excluding carboxylic acids is 1. The Morgan fingerprint density at radius 1 is 1.13 bits per heavy atom. The van der Waals surface area contributed by atoms with Gasteiger partial charge in [0.25, 0.3) is 0 Å². The molecule has 0 unspecified atom stereocenters. The number of halogens is 1. The number of aromatic nitrogens is 3. The van der Waals surface area contributed by atoms with E-state index in [1.807, 2.05) is 33.8 Å². The number of aryl methyl sites for hydroxylation is 1. The van der Waals surface area contributed by atoms with Crippen LogP contribution >= 0.6 is 0 Å². The molecule has 0 bridgehead atoms. The number of nitrogens with zero attached hydrogens (tertiary/aromatic N) is 4. The molecule has 0 spiro atoms. The highest BCUT2D eigenvalue weighted by Crippen LogP contribution is 2.33. The van der Waals surface area contributed by atoms with E-state index in [1.54, 1.807) is 35.4 Å². The van der Waals surface area contributed by atoms with Crippen molar-refractivity contribution in [3.05, 3.63) is 77.5 Å². The molecule has 2 aromatic carbocycles. The van der Waals surface area contributed by atoms with Gasteiger partial charge in [-0.15, -0.1) is 0 Å². The summed E-state index contributed by atoms with van der Waals surface area (Å²) >= 11 is 0. The summed E-state index contributed by atoms with van der Waals surface area (Å²) in [5.74, 6) is 0.218. The van der Waals surface area contributed by atoms with Crippen LogP contribution in [0.1, 0.15) is 37.5 Å². The van der Waals surface area contributed by atoms with Crippen LogP contribution in [0.5, 0.6) is 11.5 Å². The SMILES string of the molecule is Cc1cc(CC(=O)Nc2cnn(C(C)(C)C)c2)c(F)cc1Oc1ccnc2ccc(CN3CCNCC3)cc12. The number of nitrogens with one attached hydrogen (secondary N) is 2. The first kappa shape index (κ1) is 26.8. The summed E-state index contributed by atoms with van der Waals surface area (Å²) < 4.78 is 23.1. The Balaban J connectivity index is 1.31. The van der Waals surface area contributed by atoms with E-state index in [0.29, 0.717) is 22.7 Å². The van der Waals surface area contributed by atoms with Crippen molar-refractivity contribution >= 4 is 22.5 Å². The van der Waals surface area contributed by atoms with Crippen molar-refractivity contribution in [2.75, 3.05) is 31.5 Å². The maximum atomic E-state index is 15.1. The van der Waals surface area contributed by atoms with Gasteiger partial charge in [0.2, 0.25) is 5.91 Å². The number of ether oxygens (including phenoxy) is 1. The van der Waals surface area contributed by atoms with E-state index in [9.17, 15) is 4.79 Å². The summed E-state index contributed by atoms with van der Waals surface area (Å²) in [5, 5.41) is 11.4. The standard InChI is InChI=1S/C30H35FN6O2/c1-20-13-22(15-29(38)35-23-17-34-37(19-23)30(2,3)4)25(31)16-28(20)39-27-7-8-33-26-6-5-21(14-24(26)27)18-36-11-9-32-10-12-36/h5-8,13-14,16-17,19,32H,9-12,15,18H2,1-4H3,(H,35,38). The molecule has 1 fully saturated rings. The normalized spacial score (nSPS) is 14.5. The Morgan fingerprint density at radius 3 is 2.67 bits per heavy atom. The minimum atomic E-state index is -0.492. The number of piperazine rings is 1. The molecule has 0 atom stereocenters. The third-order valence-electron chi connectivity index (χ3n) is 6.85. The molecule has 0 radical (unpaired) electrons. The molecule has 0 aliphatic carbocycles. The largest absolute Gasteiger partial charge is 0.456 e. The molecule has 9 heteroatoms. The molecule has 8 nitrogen and oxygen atoms in total. The molecule has 1 amide bonds. The van der Waals surface area contributed by atoms with Gasteiger partial charge in [-0.25, -0.2) is 4.39 Å². The Kier molecular flexibility index (Phi) is 7.63. The van der Waals surface area contributed by atoms with Crippen LogP contribution in [0.4, 0.5) is 10.1 Å². The van der Waals surface area contributed by atoms with Gasteiger partial charge in [-0.05, 0) is 68.7 Å². The molecular formula is C30H35FN6O2. The highest BCUT2D eigenvalue weighted by atomic mass is 19.1. The predicted octanol–water partition coefficient (Wildman–Crippen LogP) is 5.01. The fraction of sp³-hybridized carbons (Fsp3) is 0.367. The van der Waals surface area contributed by atoms with E-state index in [2.05, 4.69) is 37.7 Å². The van der Waals surface area contributed by atoms with Crippen molar-refractivity contribution in [3.8, 4) is 11.5 Å². The smallest absolute Gasteiger partial charge is 0.228 e. The van der Waals surface area contributed by atoms with Crippen LogP contribution in [0.25, 0.3) is 10.9 Å². The summed E-state index contributed by atoms with van der Waals surface area (Å²) in [7, 11) is 0. The van der Waals surface area contributed by atoms with Crippen molar-refractivity contribution in [2.24, 2.45) is 0 Å². The van der Waals surface area contributed by atoms with Crippen LogP contribution in [0.15, 0.2) is 55.0 Å². The lowest BCUT2D eigenvalue weighted by molar-refractivity contribution is -0.115. The first-order valence-electron chi connectivity index (χ1n) is 13.3. The lowest BCUT2D eigenvalue weighted by Crippen LogP contribution is -2.42. The van der Waals surface area contributed by atoms with Gasteiger partial charge >= 0.3 is 0 Å². The average molecular weight is 531 g/mol. The zero-order valence-electron chi connectivity index (χ0n) is 22.9. The summed E-state index contributed by atoms with van der Waals surface area (Å²) in [6.45, 7) is 12.8. The Labute approximate surface area is 228 Å². The second-order valence-electron chi connectivity index (χ2n) is 11.1. The molecule has 4 aromatic rings. The number of amides is 1. The minimum absolute atomic E-state index is 0.0960. The number of anilines is 1. The molecule has 1 saturated heterocycles. The van der Waals surface area contributed by atoms with E-state index in [1.165, 1.54) is 11.6 Å². The van der Waals surface area contributed by atoms with Crippen LogP contribution in [-0.2, 0) is 23.3 Å². The summed E-state index contributed by atoms with van der Waals surface area (Å²) in [4.78, 5) is 19.5. The number of hydrogen-bond acceptors (Lipinski definition) is 6. The number of rotatable bonds is 7. The molecule has 5 rings (SSSR count). The van der Waals surface area contributed by atoms with Crippen molar-refractivity contribution in [1.29, 1.82) is 0 Å². The number of hydrogen-bond donors (Lipinski definition) is 2. The van der Waals surface area contributed by atoms with Gasteiger partial charge in [-0.3, -0.25) is 19.4 Å². The number of carbonyl (C=O) groups is 1. The van der Waals surface area contributed by atoms with Crippen molar-refractivity contribution in [1.82, 2.24) is 25.0 Å². The molecular weight excluding hydrogens is 495 g/mol. The molecule has 3 heterocycles. The molecule has 39 heavy (non-hydrogen) atoms. The van der Waals surface area contributed by atoms with Gasteiger partial charge in [0.05, 0.1) is 29.4 Å². The molecule has 1 aliphatic rings. The predicted molar refractivity (Wildman–Crippen MR) is 151 cm³/mol. The van der Waals surface area contributed by atoms with Gasteiger partial charge in [0, 0.05) is 56.6 Å². The third kappa shape index (κ3) is 6.43. The average Bonchev–Trinajstić information content (AvgIpc) is 3.37. The maximum absolute atomic E-state index is 15.1. The molecule has 2 N–H and O–H groups in total. The van der Waals surface area contributed by atoms with E-state index >= 15 is 4.39 Å². The Hall–Kier alpha value is -3.82. The zero-order valence-corrected chi connectivity index (χ0v) is 22.9. The highest BCUT2D eigenvalue weighted by molar-refractivity contribution is 5.92. The van der Waals surface area contributed by atoms with Crippen molar-refractivity contribution < 1.29 is 13.9 Å². The van der Waals surface area contributed by atoms with E-state index in [0.717, 1.165) is 49.2 Å². The fourth-order valence-corrected chi connectivity index (χ4v) is 4.70. The van der Waals surface area contributed by atoms with Gasteiger partial charge in [0.1, 0.15) is 17.3 Å². The van der Waals surface area contributed by atoms with E-state index < -0.39 is 5.82 Å². The Bertz CT molecular complexity index is 1490.